The maximum Gasteiger partial charge on any atom is 0.127 e. The Morgan fingerprint density at radius 1 is 1.35 bits per heavy atom. The summed E-state index contributed by atoms with van der Waals surface area (Å²) in [7, 11) is 0. The Bertz CT molecular complexity index is 528. The molecule has 2 fully saturated rings. The van der Waals surface area contributed by atoms with Crippen molar-refractivity contribution >= 4 is 15.9 Å². The Kier molecular flexibility index (Phi) is 3.49. The lowest BCUT2D eigenvalue weighted by Crippen LogP contribution is -2.44. The van der Waals surface area contributed by atoms with Gasteiger partial charge in [-0.2, -0.15) is 0 Å². The summed E-state index contributed by atoms with van der Waals surface area (Å²) in [5, 5.41) is 3.63. The molecule has 20 heavy (non-hydrogen) atoms. The van der Waals surface area contributed by atoms with Crippen molar-refractivity contribution < 1.29 is 4.39 Å². The molecule has 0 aromatic heterocycles. The van der Waals surface area contributed by atoms with E-state index in [0.29, 0.717) is 23.4 Å². The Hall–Kier alpha value is -0.410. The molecule has 3 heteroatoms. The second-order valence-electron chi connectivity index (χ2n) is 7.28. The van der Waals surface area contributed by atoms with E-state index in [1.807, 2.05) is 6.07 Å². The largest absolute Gasteiger partial charge is 0.309 e. The average Bonchev–Trinajstić information content (AvgIpc) is 2.72. The molecule has 2 saturated carbocycles. The molecule has 0 spiro atoms. The van der Waals surface area contributed by atoms with Gasteiger partial charge < -0.3 is 5.32 Å². The van der Waals surface area contributed by atoms with E-state index in [4.69, 9.17) is 0 Å². The average molecular weight is 340 g/mol. The molecule has 3 atom stereocenters. The highest BCUT2D eigenvalue weighted by molar-refractivity contribution is 9.10. The highest BCUT2D eigenvalue weighted by Crippen LogP contribution is 2.65. The van der Waals surface area contributed by atoms with Crippen LogP contribution in [0.1, 0.15) is 45.6 Å². The van der Waals surface area contributed by atoms with Gasteiger partial charge in [0.25, 0.3) is 0 Å². The van der Waals surface area contributed by atoms with Gasteiger partial charge in [0, 0.05) is 22.6 Å². The van der Waals surface area contributed by atoms with E-state index in [9.17, 15) is 4.39 Å². The first-order valence-corrected chi connectivity index (χ1v) is 8.31. The van der Waals surface area contributed by atoms with E-state index < -0.39 is 0 Å². The number of fused-ring (bicyclic) bond motifs is 2. The van der Waals surface area contributed by atoms with Crippen LogP contribution >= 0.6 is 15.9 Å². The van der Waals surface area contributed by atoms with E-state index in [0.717, 1.165) is 16.0 Å². The maximum absolute atomic E-state index is 13.8. The zero-order chi connectivity index (χ0) is 14.5. The van der Waals surface area contributed by atoms with Crippen molar-refractivity contribution in [1.82, 2.24) is 5.32 Å². The Morgan fingerprint density at radius 3 is 2.70 bits per heavy atom. The van der Waals surface area contributed by atoms with Gasteiger partial charge in [-0.25, -0.2) is 4.39 Å². The van der Waals surface area contributed by atoms with Crippen molar-refractivity contribution in [2.75, 3.05) is 0 Å². The lowest BCUT2D eigenvalue weighted by atomic mass is 9.69. The predicted molar refractivity (Wildman–Crippen MR) is 84.0 cm³/mol. The molecular formula is C17H23BrFN. The van der Waals surface area contributed by atoms with Gasteiger partial charge in [0.1, 0.15) is 5.82 Å². The lowest BCUT2D eigenvalue weighted by molar-refractivity contribution is 0.120. The molecule has 1 aromatic carbocycles. The van der Waals surface area contributed by atoms with Crippen LogP contribution in [0.4, 0.5) is 4.39 Å². The molecule has 2 bridgehead atoms. The zero-order valence-corrected chi connectivity index (χ0v) is 14.1. The fourth-order valence-corrected chi connectivity index (χ4v) is 4.83. The van der Waals surface area contributed by atoms with Crippen LogP contribution in [0.15, 0.2) is 22.7 Å². The van der Waals surface area contributed by atoms with Gasteiger partial charge in [-0.05, 0) is 54.2 Å². The van der Waals surface area contributed by atoms with E-state index in [2.05, 4.69) is 42.0 Å². The zero-order valence-electron chi connectivity index (χ0n) is 12.5. The highest BCUT2D eigenvalue weighted by atomic mass is 79.9. The summed E-state index contributed by atoms with van der Waals surface area (Å²) in [6.45, 7) is 7.85. The van der Waals surface area contributed by atoms with Crippen LogP contribution in [0.25, 0.3) is 0 Å². The Morgan fingerprint density at radius 2 is 2.10 bits per heavy atom. The molecule has 1 nitrogen and oxygen atoms in total. The highest BCUT2D eigenvalue weighted by Gasteiger charge is 2.60. The fourth-order valence-electron chi connectivity index (χ4n) is 4.42. The summed E-state index contributed by atoms with van der Waals surface area (Å²) in [4.78, 5) is 0. The van der Waals surface area contributed by atoms with Crippen LogP contribution in [0.3, 0.4) is 0 Å². The monoisotopic (exact) mass is 339 g/mol. The van der Waals surface area contributed by atoms with Crippen LogP contribution < -0.4 is 5.32 Å². The molecule has 3 rings (SSSR count). The molecule has 0 aliphatic heterocycles. The topological polar surface area (TPSA) is 12.0 Å². The normalized spacial score (nSPS) is 34.6. The number of nitrogens with one attached hydrogen (secondary N) is 1. The van der Waals surface area contributed by atoms with Crippen molar-refractivity contribution in [3.05, 3.63) is 34.1 Å². The van der Waals surface area contributed by atoms with Gasteiger partial charge in [-0.15, -0.1) is 0 Å². The van der Waals surface area contributed by atoms with Crippen molar-refractivity contribution in [3.63, 3.8) is 0 Å². The van der Waals surface area contributed by atoms with Crippen LogP contribution in [0, 0.1) is 22.6 Å². The molecule has 2 aliphatic rings. The minimum absolute atomic E-state index is 0.117. The molecular weight excluding hydrogens is 317 g/mol. The summed E-state index contributed by atoms with van der Waals surface area (Å²) in [5.74, 6) is 0.700. The summed E-state index contributed by atoms with van der Waals surface area (Å²) >= 11 is 3.42. The summed E-state index contributed by atoms with van der Waals surface area (Å²) in [6.07, 6.45) is 3.88. The quantitative estimate of drug-likeness (QED) is 0.826. The first kappa shape index (κ1) is 14.5. The third kappa shape index (κ3) is 2.05. The maximum atomic E-state index is 13.8. The third-order valence-corrected chi connectivity index (χ3v) is 6.83. The molecule has 2 aliphatic carbocycles. The van der Waals surface area contributed by atoms with E-state index in [1.54, 1.807) is 6.07 Å². The summed E-state index contributed by atoms with van der Waals surface area (Å²) in [6, 6.07) is 5.67. The first-order chi connectivity index (χ1) is 9.34. The number of rotatable bonds is 3. The van der Waals surface area contributed by atoms with Crippen LogP contribution in [0.2, 0.25) is 0 Å². The summed E-state index contributed by atoms with van der Waals surface area (Å²) in [5.41, 5.74) is 1.50. The molecule has 110 valence electrons. The fraction of sp³-hybridized carbons (Fsp3) is 0.647. The number of hydrogen-bond donors (Lipinski definition) is 1. The number of halogens is 2. The Balaban J connectivity index is 1.73. The number of hydrogen-bond acceptors (Lipinski definition) is 1. The van der Waals surface area contributed by atoms with E-state index in [-0.39, 0.29) is 5.82 Å². The van der Waals surface area contributed by atoms with Gasteiger partial charge in [-0.3, -0.25) is 0 Å². The molecule has 1 N–H and O–H groups in total. The second-order valence-corrected chi connectivity index (χ2v) is 8.20. The Labute approximate surface area is 129 Å². The van der Waals surface area contributed by atoms with Gasteiger partial charge in [0.2, 0.25) is 0 Å². The van der Waals surface area contributed by atoms with Gasteiger partial charge in [-0.1, -0.05) is 36.7 Å². The van der Waals surface area contributed by atoms with Gasteiger partial charge in [0.05, 0.1) is 0 Å². The smallest absolute Gasteiger partial charge is 0.127 e. The second kappa shape index (κ2) is 4.81. The van der Waals surface area contributed by atoms with Crippen molar-refractivity contribution in [2.45, 2.75) is 52.6 Å². The van der Waals surface area contributed by atoms with Crippen molar-refractivity contribution in [2.24, 2.45) is 16.7 Å². The third-order valence-electron chi connectivity index (χ3n) is 6.34. The minimum Gasteiger partial charge on any atom is -0.309 e. The molecule has 3 unspecified atom stereocenters. The minimum atomic E-state index is -0.117. The first-order valence-electron chi connectivity index (χ1n) is 7.52. The molecule has 1 aromatic rings. The van der Waals surface area contributed by atoms with Crippen molar-refractivity contribution in [1.29, 1.82) is 0 Å². The van der Waals surface area contributed by atoms with E-state index >= 15 is 0 Å². The molecule has 0 heterocycles. The van der Waals surface area contributed by atoms with Crippen LogP contribution in [-0.4, -0.2) is 6.04 Å². The molecule has 0 radical (unpaired) electrons. The summed E-state index contributed by atoms with van der Waals surface area (Å²) < 4.78 is 14.8. The molecule has 0 saturated heterocycles. The lowest BCUT2D eigenvalue weighted by Gasteiger charge is -2.39. The van der Waals surface area contributed by atoms with Gasteiger partial charge >= 0.3 is 0 Å². The van der Waals surface area contributed by atoms with Crippen molar-refractivity contribution in [3.8, 4) is 0 Å². The van der Waals surface area contributed by atoms with Crippen LogP contribution in [-0.2, 0) is 6.54 Å². The van der Waals surface area contributed by atoms with Crippen LogP contribution in [0.5, 0.6) is 0 Å². The SMILES string of the molecule is CC1(C)C2CCC1(C)C(NCc1cc(Br)ccc1F)C2. The standard InChI is InChI=1S/C17H23BrFN/c1-16(2)12-6-7-17(16,3)15(9-12)20-10-11-8-13(18)4-5-14(11)19/h4-5,8,12,15,20H,6-7,9-10H2,1-3H3. The van der Waals surface area contributed by atoms with Gasteiger partial charge in [0.15, 0.2) is 0 Å². The van der Waals surface area contributed by atoms with E-state index in [1.165, 1.54) is 25.3 Å². The number of benzene rings is 1. The predicted octanol–water partition coefficient (Wildman–Crippen LogP) is 4.89. The molecule has 0 amide bonds.